The second kappa shape index (κ2) is 8.26. The molecule has 0 atom stereocenters. The Hall–Kier alpha value is -3.49. The third-order valence-corrected chi connectivity index (χ3v) is 4.71. The Labute approximate surface area is 168 Å². The third-order valence-electron chi connectivity index (χ3n) is 4.71. The molecule has 29 heavy (non-hydrogen) atoms. The number of nitrogens with zero attached hydrogens (tertiary/aromatic N) is 4. The van der Waals surface area contributed by atoms with Crippen molar-refractivity contribution in [1.29, 1.82) is 0 Å². The van der Waals surface area contributed by atoms with Crippen LogP contribution in [0.4, 0.5) is 0 Å². The number of nitrogens with one attached hydrogen (secondary N) is 1. The van der Waals surface area contributed by atoms with E-state index in [9.17, 15) is 4.79 Å². The highest BCUT2D eigenvalue weighted by Gasteiger charge is 2.20. The summed E-state index contributed by atoms with van der Waals surface area (Å²) >= 11 is 0. The van der Waals surface area contributed by atoms with Gasteiger partial charge in [-0.05, 0) is 12.5 Å². The van der Waals surface area contributed by atoms with Gasteiger partial charge in [0.15, 0.2) is 11.5 Å². The molecule has 1 amide bonds. The molecular formula is C20H23N5O4. The zero-order valence-electron chi connectivity index (χ0n) is 16.4. The number of ether oxygens (including phenoxy) is 3. The number of hydrogen-bond acceptors (Lipinski definition) is 6. The summed E-state index contributed by atoms with van der Waals surface area (Å²) in [4.78, 5) is 15.9. The van der Waals surface area contributed by atoms with Gasteiger partial charge in [0.2, 0.25) is 5.91 Å². The Kier molecular flexibility index (Phi) is 5.37. The summed E-state index contributed by atoms with van der Waals surface area (Å²) in [5.74, 6) is 2.73. The SMILES string of the molecule is CNC(=O)CCCn1cc(-n2ccnc2-c2cc3c(cc2OC)OCCO3)cn1. The maximum Gasteiger partial charge on any atom is 0.219 e. The highest BCUT2D eigenvalue weighted by Crippen LogP contribution is 2.41. The van der Waals surface area contributed by atoms with Gasteiger partial charge in [-0.3, -0.25) is 14.0 Å². The van der Waals surface area contributed by atoms with Crippen molar-refractivity contribution >= 4 is 5.91 Å². The molecule has 2 aromatic heterocycles. The van der Waals surface area contributed by atoms with Crippen molar-refractivity contribution in [3.05, 3.63) is 36.9 Å². The highest BCUT2D eigenvalue weighted by atomic mass is 16.6. The van der Waals surface area contributed by atoms with E-state index in [1.165, 1.54) is 0 Å². The number of hydrogen-bond donors (Lipinski definition) is 1. The number of aromatic nitrogens is 4. The molecule has 0 unspecified atom stereocenters. The number of rotatable bonds is 7. The molecule has 152 valence electrons. The van der Waals surface area contributed by atoms with E-state index in [-0.39, 0.29) is 5.91 Å². The van der Waals surface area contributed by atoms with Crippen LogP contribution in [0.25, 0.3) is 17.1 Å². The average Bonchev–Trinajstić information content (AvgIpc) is 3.42. The summed E-state index contributed by atoms with van der Waals surface area (Å²) in [6, 6.07) is 3.71. The first-order valence-electron chi connectivity index (χ1n) is 9.44. The van der Waals surface area contributed by atoms with Crippen LogP contribution < -0.4 is 19.5 Å². The predicted octanol–water partition coefficient (Wildman–Crippen LogP) is 2.04. The second-order valence-electron chi connectivity index (χ2n) is 6.56. The summed E-state index contributed by atoms with van der Waals surface area (Å²) in [5.41, 5.74) is 1.67. The van der Waals surface area contributed by atoms with Crippen LogP contribution >= 0.6 is 0 Å². The summed E-state index contributed by atoms with van der Waals surface area (Å²) < 4.78 is 20.7. The van der Waals surface area contributed by atoms with Gasteiger partial charge >= 0.3 is 0 Å². The number of carbonyl (C=O) groups excluding carboxylic acids is 1. The highest BCUT2D eigenvalue weighted by molar-refractivity contribution is 5.75. The zero-order valence-corrected chi connectivity index (χ0v) is 16.4. The summed E-state index contributed by atoms with van der Waals surface area (Å²) in [6.45, 7) is 1.68. The number of fused-ring (bicyclic) bond motifs is 1. The fraction of sp³-hybridized carbons (Fsp3) is 0.350. The van der Waals surface area contributed by atoms with E-state index in [2.05, 4.69) is 15.4 Å². The number of carbonyl (C=O) groups is 1. The summed E-state index contributed by atoms with van der Waals surface area (Å²) in [6.07, 6.45) is 8.49. The van der Waals surface area contributed by atoms with Crippen LogP contribution in [0.5, 0.6) is 17.2 Å². The Morgan fingerprint density at radius 2 is 2.07 bits per heavy atom. The molecule has 1 aromatic carbocycles. The van der Waals surface area contributed by atoms with Crippen LogP contribution in [0.2, 0.25) is 0 Å². The van der Waals surface area contributed by atoms with Crippen molar-refractivity contribution in [1.82, 2.24) is 24.6 Å². The largest absolute Gasteiger partial charge is 0.496 e. The lowest BCUT2D eigenvalue weighted by Gasteiger charge is -2.20. The van der Waals surface area contributed by atoms with Crippen molar-refractivity contribution in [2.24, 2.45) is 0 Å². The molecule has 0 radical (unpaired) electrons. The number of amides is 1. The molecule has 3 aromatic rings. The van der Waals surface area contributed by atoms with Gasteiger partial charge in [-0.15, -0.1) is 0 Å². The molecule has 1 aliphatic rings. The zero-order chi connectivity index (χ0) is 20.2. The standard InChI is InChI=1S/C20H23N5O4/c1-21-19(26)4-3-6-24-13-14(12-23-24)25-7-5-22-20(25)15-10-17-18(11-16(15)27-2)29-9-8-28-17/h5,7,10-13H,3-4,6,8-9H2,1-2H3,(H,21,26). The Bertz CT molecular complexity index is 1010. The Balaban J connectivity index is 1.60. The molecule has 0 saturated heterocycles. The van der Waals surface area contributed by atoms with Crippen LogP contribution in [0.15, 0.2) is 36.9 Å². The van der Waals surface area contributed by atoms with Gasteiger partial charge in [0.1, 0.15) is 24.8 Å². The third kappa shape index (κ3) is 3.89. The van der Waals surface area contributed by atoms with Crippen molar-refractivity contribution in [2.45, 2.75) is 19.4 Å². The lowest BCUT2D eigenvalue weighted by molar-refractivity contribution is -0.120. The van der Waals surface area contributed by atoms with Crippen LogP contribution in [0.3, 0.4) is 0 Å². The van der Waals surface area contributed by atoms with Crippen LogP contribution in [0, 0.1) is 0 Å². The lowest BCUT2D eigenvalue weighted by atomic mass is 10.1. The van der Waals surface area contributed by atoms with E-state index < -0.39 is 0 Å². The average molecular weight is 397 g/mol. The molecule has 1 aliphatic heterocycles. The van der Waals surface area contributed by atoms with E-state index in [1.54, 1.807) is 26.6 Å². The van der Waals surface area contributed by atoms with Gasteiger partial charge in [0.05, 0.1) is 24.6 Å². The molecule has 3 heterocycles. The van der Waals surface area contributed by atoms with Crippen molar-refractivity contribution in [3.8, 4) is 34.3 Å². The molecule has 9 heteroatoms. The Morgan fingerprint density at radius 1 is 1.28 bits per heavy atom. The molecule has 4 rings (SSSR count). The van der Waals surface area contributed by atoms with Gasteiger partial charge in [0, 0.05) is 44.7 Å². The van der Waals surface area contributed by atoms with Gasteiger partial charge in [-0.25, -0.2) is 4.98 Å². The summed E-state index contributed by atoms with van der Waals surface area (Å²) in [5, 5.41) is 7.03. The van der Waals surface area contributed by atoms with E-state index in [1.807, 2.05) is 33.8 Å². The predicted molar refractivity (Wildman–Crippen MR) is 106 cm³/mol. The van der Waals surface area contributed by atoms with Crippen molar-refractivity contribution < 1.29 is 19.0 Å². The fourth-order valence-electron chi connectivity index (χ4n) is 3.25. The number of benzene rings is 1. The normalized spacial score (nSPS) is 12.6. The molecule has 0 saturated carbocycles. The quantitative estimate of drug-likeness (QED) is 0.656. The first-order chi connectivity index (χ1) is 14.2. The maximum absolute atomic E-state index is 11.4. The number of imidazole rings is 1. The van der Waals surface area contributed by atoms with Gasteiger partial charge < -0.3 is 19.5 Å². The minimum Gasteiger partial charge on any atom is -0.496 e. The number of methoxy groups -OCH3 is 1. The topological polar surface area (TPSA) is 92.4 Å². The number of aryl methyl sites for hydroxylation is 1. The fourth-order valence-corrected chi connectivity index (χ4v) is 3.25. The smallest absolute Gasteiger partial charge is 0.219 e. The molecule has 0 fully saturated rings. The van der Waals surface area contributed by atoms with Gasteiger partial charge in [-0.2, -0.15) is 5.10 Å². The van der Waals surface area contributed by atoms with Crippen molar-refractivity contribution in [2.75, 3.05) is 27.4 Å². The van der Waals surface area contributed by atoms with E-state index >= 15 is 0 Å². The minimum atomic E-state index is 0.0278. The molecule has 1 N–H and O–H groups in total. The molecule has 0 aliphatic carbocycles. The van der Waals surface area contributed by atoms with E-state index in [0.29, 0.717) is 55.7 Å². The van der Waals surface area contributed by atoms with Crippen molar-refractivity contribution in [3.63, 3.8) is 0 Å². The van der Waals surface area contributed by atoms with Crippen LogP contribution in [0.1, 0.15) is 12.8 Å². The van der Waals surface area contributed by atoms with Crippen LogP contribution in [-0.2, 0) is 11.3 Å². The maximum atomic E-state index is 11.4. The molecule has 0 spiro atoms. The molecule has 0 bridgehead atoms. The first-order valence-corrected chi connectivity index (χ1v) is 9.44. The minimum absolute atomic E-state index is 0.0278. The molecular weight excluding hydrogens is 374 g/mol. The van der Waals surface area contributed by atoms with E-state index in [0.717, 1.165) is 11.3 Å². The Morgan fingerprint density at radius 3 is 2.83 bits per heavy atom. The summed E-state index contributed by atoms with van der Waals surface area (Å²) in [7, 11) is 3.26. The van der Waals surface area contributed by atoms with Gasteiger partial charge in [0.25, 0.3) is 0 Å². The monoisotopic (exact) mass is 397 g/mol. The lowest BCUT2D eigenvalue weighted by Crippen LogP contribution is -2.17. The van der Waals surface area contributed by atoms with Gasteiger partial charge in [-0.1, -0.05) is 0 Å². The van der Waals surface area contributed by atoms with Crippen LogP contribution in [-0.4, -0.2) is 52.6 Å². The first kappa shape index (κ1) is 18.9. The second-order valence-corrected chi connectivity index (χ2v) is 6.56. The molecule has 9 nitrogen and oxygen atoms in total. The van der Waals surface area contributed by atoms with E-state index in [4.69, 9.17) is 14.2 Å².